The van der Waals surface area contributed by atoms with E-state index in [2.05, 4.69) is 0 Å². The Kier molecular flexibility index (Phi) is 4.33. The normalized spacial score (nSPS) is 11.2. The molecule has 1 rings (SSSR count). The van der Waals surface area contributed by atoms with E-state index in [1.165, 1.54) is 12.1 Å². The van der Waals surface area contributed by atoms with E-state index in [9.17, 15) is 16.8 Å². The predicted molar refractivity (Wildman–Crippen MR) is 71.9 cm³/mol. The van der Waals surface area contributed by atoms with Crippen LogP contribution in [0.2, 0.25) is 0 Å². The third-order valence-corrected chi connectivity index (χ3v) is 4.62. The second-order valence-corrected chi connectivity index (χ2v) is 8.03. The van der Waals surface area contributed by atoms with Crippen molar-refractivity contribution < 1.29 is 16.8 Å². The van der Waals surface area contributed by atoms with Crippen LogP contribution < -0.4 is 0 Å². The van der Waals surface area contributed by atoms with Crippen molar-refractivity contribution in [2.45, 2.75) is 9.79 Å². The van der Waals surface area contributed by atoms with E-state index in [1.807, 2.05) is 0 Å². The molecule has 0 spiro atoms. The lowest BCUT2D eigenvalue weighted by Gasteiger charge is -2.06. The van der Waals surface area contributed by atoms with Gasteiger partial charge in [0.05, 0.1) is 9.79 Å². The number of hydrogen-bond donors (Lipinski definition) is 0. The minimum atomic E-state index is -3.71. The highest BCUT2D eigenvalue weighted by Crippen LogP contribution is 2.22. The van der Waals surface area contributed by atoms with Crippen molar-refractivity contribution in [2.24, 2.45) is 0 Å². The van der Waals surface area contributed by atoms with E-state index in [0.717, 1.165) is 24.7 Å². The molecule has 104 valence electrons. The molecular formula is C12H10N2O4S2. The lowest BCUT2D eigenvalue weighted by Crippen LogP contribution is -2.04. The number of benzene rings is 1. The topological polar surface area (TPSA) is 116 Å². The molecular weight excluding hydrogens is 300 g/mol. The first-order valence-electron chi connectivity index (χ1n) is 5.15. The fraction of sp³-hybridized carbons (Fsp3) is 0.167. The maximum Gasteiger partial charge on any atom is 0.176 e. The number of rotatable bonds is 3. The van der Waals surface area contributed by atoms with Crippen LogP contribution in [0.25, 0.3) is 6.08 Å². The van der Waals surface area contributed by atoms with Gasteiger partial charge in [0.15, 0.2) is 19.7 Å². The highest BCUT2D eigenvalue weighted by atomic mass is 32.2. The lowest BCUT2D eigenvalue weighted by atomic mass is 10.1. The van der Waals surface area contributed by atoms with Crippen molar-refractivity contribution in [3.63, 3.8) is 0 Å². The standard InChI is InChI=1S/C12H10N2O4S2/c1-19(15,16)11-4-3-10(5-9(7-13)8-14)12(6-11)20(2,17)18/h3-6H,1-2H3. The van der Waals surface area contributed by atoms with Crippen LogP contribution in [0.15, 0.2) is 33.6 Å². The van der Waals surface area contributed by atoms with E-state index >= 15 is 0 Å². The van der Waals surface area contributed by atoms with Gasteiger partial charge in [0.2, 0.25) is 0 Å². The molecule has 0 amide bonds. The Labute approximate surface area is 117 Å². The monoisotopic (exact) mass is 310 g/mol. The van der Waals surface area contributed by atoms with Crippen LogP contribution in [0.3, 0.4) is 0 Å². The Morgan fingerprint density at radius 2 is 1.60 bits per heavy atom. The second kappa shape index (κ2) is 5.45. The summed E-state index contributed by atoms with van der Waals surface area (Å²) in [6.45, 7) is 0. The average molecular weight is 310 g/mol. The molecule has 1 aromatic carbocycles. The molecule has 0 heterocycles. The van der Waals surface area contributed by atoms with Gasteiger partial charge in [-0.25, -0.2) is 16.8 Å². The van der Waals surface area contributed by atoms with Gasteiger partial charge in [-0.3, -0.25) is 0 Å². The van der Waals surface area contributed by atoms with E-state index < -0.39 is 19.7 Å². The van der Waals surface area contributed by atoms with Crippen LogP contribution in [0.4, 0.5) is 0 Å². The van der Waals surface area contributed by atoms with Crippen molar-refractivity contribution in [3.05, 3.63) is 29.3 Å². The largest absolute Gasteiger partial charge is 0.224 e. The van der Waals surface area contributed by atoms with E-state index in [0.29, 0.717) is 0 Å². The van der Waals surface area contributed by atoms with E-state index in [1.54, 1.807) is 12.1 Å². The fourth-order valence-corrected chi connectivity index (χ4v) is 3.05. The minimum absolute atomic E-state index is 0.0954. The van der Waals surface area contributed by atoms with Gasteiger partial charge in [-0.05, 0) is 23.8 Å². The molecule has 0 aromatic heterocycles. The Morgan fingerprint density at radius 1 is 1.05 bits per heavy atom. The Balaban J connectivity index is 3.71. The summed E-state index contributed by atoms with van der Waals surface area (Å²) in [5.41, 5.74) is -0.181. The van der Waals surface area contributed by atoms with Crippen LogP contribution in [-0.2, 0) is 19.7 Å². The molecule has 0 unspecified atom stereocenters. The highest BCUT2D eigenvalue weighted by Gasteiger charge is 2.17. The van der Waals surface area contributed by atoms with Crippen molar-refractivity contribution in [1.82, 2.24) is 0 Å². The Morgan fingerprint density at radius 3 is 2.00 bits per heavy atom. The van der Waals surface area contributed by atoms with Gasteiger partial charge in [-0.15, -0.1) is 0 Å². The zero-order chi connectivity index (χ0) is 15.6. The summed E-state index contributed by atoms with van der Waals surface area (Å²) >= 11 is 0. The number of hydrogen-bond acceptors (Lipinski definition) is 6. The molecule has 20 heavy (non-hydrogen) atoms. The summed E-state index contributed by atoms with van der Waals surface area (Å²) in [6.07, 6.45) is 2.98. The fourth-order valence-electron chi connectivity index (χ4n) is 1.43. The van der Waals surface area contributed by atoms with Crippen LogP contribution in [-0.4, -0.2) is 29.3 Å². The van der Waals surface area contributed by atoms with Crippen molar-refractivity contribution >= 4 is 25.8 Å². The van der Waals surface area contributed by atoms with E-state index in [-0.39, 0.29) is 20.9 Å². The van der Waals surface area contributed by atoms with Gasteiger partial charge in [0, 0.05) is 12.5 Å². The quantitative estimate of drug-likeness (QED) is 0.766. The first-order valence-corrected chi connectivity index (χ1v) is 8.94. The number of nitrogens with zero attached hydrogens (tertiary/aromatic N) is 2. The average Bonchev–Trinajstić information content (AvgIpc) is 2.33. The molecule has 0 bridgehead atoms. The zero-order valence-electron chi connectivity index (χ0n) is 10.7. The number of sulfone groups is 2. The molecule has 0 N–H and O–H groups in total. The molecule has 0 atom stereocenters. The maximum atomic E-state index is 11.7. The molecule has 8 heteroatoms. The molecule has 0 radical (unpaired) electrons. The van der Waals surface area contributed by atoms with Crippen molar-refractivity contribution in [3.8, 4) is 12.1 Å². The summed E-state index contributed by atoms with van der Waals surface area (Å²) in [7, 11) is -7.26. The van der Waals surface area contributed by atoms with Crippen LogP contribution >= 0.6 is 0 Å². The smallest absolute Gasteiger partial charge is 0.176 e. The van der Waals surface area contributed by atoms with Gasteiger partial charge < -0.3 is 0 Å². The SMILES string of the molecule is CS(=O)(=O)c1ccc(C=C(C#N)C#N)c(S(C)(=O)=O)c1. The van der Waals surface area contributed by atoms with Gasteiger partial charge in [-0.2, -0.15) is 10.5 Å². The third-order valence-electron chi connectivity index (χ3n) is 2.35. The highest BCUT2D eigenvalue weighted by molar-refractivity contribution is 7.91. The van der Waals surface area contributed by atoms with Crippen molar-refractivity contribution in [2.75, 3.05) is 12.5 Å². The van der Waals surface area contributed by atoms with Gasteiger partial charge >= 0.3 is 0 Å². The van der Waals surface area contributed by atoms with Gasteiger partial charge in [0.25, 0.3) is 0 Å². The van der Waals surface area contributed by atoms with Crippen LogP contribution in [0, 0.1) is 22.7 Å². The van der Waals surface area contributed by atoms with E-state index in [4.69, 9.17) is 10.5 Å². The Hall–Kier alpha value is -2.16. The predicted octanol–water partition coefficient (Wildman–Crippen LogP) is 0.924. The first-order chi connectivity index (χ1) is 9.09. The third kappa shape index (κ3) is 3.67. The lowest BCUT2D eigenvalue weighted by molar-refractivity contribution is 0.600. The van der Waals surface area contributed by atoms with Gasteiger partial charge in [0.1, 0.15) is 17.7 Å². The van der Waals surface area contributed by atoms with Gasteiger partial charge in [-0.1, -0.05) is 6.07 Å². The number of nitriles is 2. The zero-order valence-corrected chi connectivity index (χ0v) is 12.3. The summed E-state index contributed by atoms with van der Waals surface area (Å²) < 4.78 is 46.3. The van der Waals surface area contributed by atoms with Crippen LogP contribution in [0.1, 0.15) is 5.56 Å². The summed E-state index contributed by atoms with van der Waals surface area (Å²) in [6, 6.07) is 6.71. The molecule has 0 saturated carbocycles. The maximum absolute atomic E-state index is 11.7. The summed E-state index contributed by atoms with van der Waals surface area (Å²) in [4.78, 5) is -0.394. The summed E-state index contributed by atoms with van der Waals surface area (Å²) in [5, 5.41) is 17.4. The number of allylic oxidation sites excluding steroid dienone is 1. The van der Waals surface area contributed by atoms with Crippen LogP contribution in [0.5, 0.6) is 0 Å². The Bertz CT molecular complexity index is 851. The molecule has 0 aliphatic heterocycles. The van der Waals surface area contributed by atoms with Crippen molar-refractivity contribution in [1.29, 1.82) is 10.5 Å². The second-order valence-electron chi connectivity index (χ2n) is 4.03. The molecule has 0 saturated heterocycles. The summed E-state index contributed by atoms with van der Waals surface area (Å²) in [5.74, 6) is 0. The molecule has 1 aromatic rings. The molecule has 0 aliphatic carbocycles. The molecule has 0 fully saturated rings. The molecule has 6 nitrogen and oxygen atoms in total. The first kappa shape index (κ1) is 15.9. The minimum Gasteiger partial charge on any atom is -0.224 e. The molecule has 0 aliphatic rings.